The zero-order valence-electron chi connectivity index (χ0n) is 10.3. The highest BCUT2D eigenvalue weighted by atomic mass is 79.9. The Morgan fingerprint density at radius 3 is 3.11 bits per heavy atom. The minimum absolute atomic E-state index is 0.402. The van der Waals surface area contributed by atoms with Crippen LogP contribution in [0.5, 0.6) is 0 Å². The van der Waals surface area contributed by atoms with Gasteiger partial charge >= 0.3 is 0 Å². The maximum atomic E-state index is 4.59. The van der Waals surface area contributed by atoms with Crippen LogP contribution in [0.1, 0.15) is 17.8 Å². The molecule has 0 saturated heterocycles. The van der Waals surface area contributed by atoms with Gasteiger partial charge in [-0.3, -0.25) is 0 Å². The van der Waals surface area contributed by atoms with Crippen molar-refractivity contribution in [2.45, 2.75) is 12.8 Å². The van der Waals surface area contributed by atoms with E-state index in [0.717, 1.165) is 26.7 Å². The van der Waals surface area contributed by atoms with E-state index in [1.54, 1.807) is 22.7 Å². The molecule has 1 aromatic carbocycles. The van der Waals surface area contributed by atoms with Crippen LogP contribution in [0.2, 0.25) is 0 Å². The third kappa shape index (κ3) is 2.96. The molecule has 0 aliphatic rings. The zero-order chi connectivity index (χ0) is 13.2. The third-order valence-corrected chi connectivity index (χ3v) is 5.28. The van der Waals surface area contributed by atoms with Gasteiger partial charge in [0.15, 0.2) is 5.13 Å². The normalized spacial score (nSPS) is 12.7. The predicted octanol–water partition coefficient (Wildman–Crippen LogP) is 4.73. The maximum absolute atomic E-state index is 4.59. The Labute approximate surface area is 127 Å². The van der Waals surface area contributed by atoms with Crippen LogP contribution in [0.3, 0.4) is 0 Å². The molecule has 3 nitrogen and oxygen atoms in total. The Hall–Kier alpha value is -0.980. The lowest BCUT2D eigenvalue weighted by molar-refractivity contribution is 0.794. The Morgan fingerprint density at radius 1 is 1.42 bits per heavy atom. The SMILES string of the molecule is CC(CNc1nc2cc(Br)ccc2s1)c1nccs1. The second kappa shape index (κ2) is 5.56. The minimum atomic E-state index is 0.402. The van der Waals surface area contributed by atoms with Crippen molar-refractivity contribution in [1.29, 1.82) is 0 Å². The van der Waals surface area contributed by atoms with Gasteiger partial charge in [-0.05, 0) is 18.2 Å². The van der Waals surface area contributed by atoms with E-state index in [0.29, 0.717) is 5.92 Å². The average Bonchev–Trinajstić information content (AvgIpc) is 3.04. The molecule has 2 aromatic heterocycles. The third-order valence-electron chi connectivity index (χ3n) is 2.78. The summed E-state index contributed by atoms with van der Waals surface area (Å²) in [6, 6.07) is 6.18. The standard InChI is InChI=1S/C13H12BrN3S2/c1-8(12-15-4-5-18-12)7-16-13-17-10-6-9(14)2-3-11(10)19-13/h2-6,8H,7H2,1H3,(H,16,17). The molecule has 1 atom stereocenters. The molecule has 3 aromatic rings. The van der Waals surface area contributed by atoms with Gasteiger partial charge in [-0.25, -0.2) is 9.97 Å². The highest BCUT2D eigenvalue weighted by Crippen LogP contribution is 2.28. The van der Waals surface area contributed by atoms with Crippen molar-refractivity contribution in [1.82, 2.24) is 9.97 Å². The number of hydrogen-bond donors (Lipinski definition) is 1. The van der Waals surface area contributed by atoms with Gasteiger partial charge in [0.2, 0.25) is 0 Å². The summed E-state index contributed by atoms with van der Waals surface area (Å²) in [6.07, 6.45) is 1.85. The maximum Gasteiger partial charge on any atom is 0.183 e. The van der Waals surface area contributed by atoms with Crippen molar-refractivity contribution in [2.24, 2.45) is 0 Å². The van der Waals surface area contributed by atoms with Gasteiger partial charge in [-0.1, -0.05) is 34.2 Å². The molecule has 0 fully saturated rings. The van der Waals surface area contributed by atoms with Crippen LogP contribution < -0.4 is 5.32 Å². The van der Waals surface area contributed by atoms with E-state index in [4.69, 9.17) is 0 Å². The highest BCUT2D eigenvalue weighted by Gasteiger charge is 2.09. The Kier molecular flexibility index (Phi) is 3.81. The fourth-order valence-corrected chi connectivity index (χ4v) is 3.68. The number of nitrogens with one attached hydrogen (secondary N) is 1. The van der Waals surface area contributed by atoms with Gasteiger partial charge in [0, 0.05) is 28.5 Å². The molecule has 0 aliphatic heterocycles. The van der Waals surface area contributed by atoms with E-state index >= 15 is 0 Å². The molecule has 1 unspecified atom stereocenters. The fourth-order valence-electron chi connectivity index (χ4n) is 1.78. The van der Waals surface area contributed by atoms with Gasteiger partial charge < -0.3 is 5.32 Å². The quantitative estimate of drug-likeness (QED) is 0.736. The topological polar surface area (TPSA) is 37.8 Å². The van der Waals surface area contributed by atoms with Crippen molar-refractivity contribution in [3.8, 4) is 0 Å². The van der Waals surface area contributed by atoms with Crippen LogP contribution in [0, 0.1) is 0 Å². The molecule has 6 heteroatoms. The van der Waals surface area contributed by atoms with E-state index in [-0.39, 0.29) is 0 Å². The van der Waals surface area contributed by atoms with Crippen molar-refractivity contribution < 1.29 is 0 Å². The summed E-state index contributed by atoms with van der Waals surface area (Å²) in [4.78, 5) is 8.93. The number of anilines is 1. The summed E-state index contributed by atoms with van der Waals surface area (Å²) >= 11 is 6.85. The number of rotatable bonds is 4. The summed E-state index contributed by atoms with van der Waals surface area (Å²) in [5.74, 6) is 0.402. The van der Waals surface area contributed by atoms with Gasteiger partial charge in [0.05, 0.1) is 15.2 Å². The first-order chi connectivity index (χ1) is 9.22. The molecule has 1 N–H and O–H groups in total. The van der Waals surface area contributed by atoms with Crippen LogP contribution in [-0.2, 0) is 0 Å². The average molecular weight is 354 g/mol. The Balaban J connectivity index is 1.71. The number of thiazole rings is 2. The van der Waals surface area contributed by atoms with Crippen LogP contribution in [0.4, 0.5) is 5.13 Å². The first kappa shape index (κ1) is 13.0. The lowest BCUT2D eigenvalue weighted by Crippen LogP contribution is -2.09. The first-order valence-electron chi connectivity index (χ1n) is 5.92. The molecule has 0 saturated carbocycles. The zero-order valence-corrected chi connectivity index (χ0v) is 13.5. The van der Waals surface area contributed by atoms with E-state index in [9.17, 15) is 0 Å². The lowest BCUT2D eigenvalue weighted by atomic mass is 10.2. The fraction of sp³-hybridized carbons (Fsp3) is 0.231. The van der Waals surface area contributed by atoms with Crippen LogP contribution >= 0.6 is 38.6 Å². The largest absolute Gasteiger partial charge is 0.361 e. The summed E-state index contributed by atoms with van der Waals surface area (Å²) in [5.41, 5.74) is 1.03. The number of aromatic nitrogens is 2. The molecule has 0 aliphatic carbocycles. The molecule has 98 valence electrons. The second-order valence-electron chi connectivity index (χ2n) is 4.28. The van der Waals surface area contributed by atoms with Gasteiger partial charge in [-0.15, -0.1) is 11.3 Å². The van der Waals surface area contributed by atoms with Gasteiger partial charge in [0.1, 0.15) is 0 Å². The van der Waals surface area contributed by atoms with Crippen LogP contribution in [0.15, 0.2) is 34.2 Å². The van der Waals surface area contributed by atoms with Crippen molar-refractivity contribution >= 4 is 54.0 Å². The monoisotopic (exact) mass is 353 g/mol. The second-order valence-corrected chi connectivity index (χ2v) is 7.16. The van der Waals surface area contributed by atoms with E-state index in [1.165, 1.54) is 4.70 Å². The summed E-state index contributed by atoms with van der Waals surface area (Å²) in [5, 5.41) is 7.55. The highest BCUT2D eigenvalue weighted by molar-refractivity contribution is 9.10. The van der Waals surface area contributed by atoms with Crippen molar-refractivity contribution in [2.75, 3.05) is 11.9 Å². The molecular formula is C13H12BrN3S2. The molecule has 0 amide bonds. The van der Waals surface area contributed by atoms with Crippen LogP contribution in [0.25, 0.3) is 10.2 Å². The molecular weight excluding hydrogens is 342 g/mol. The molecule has 2 heterocycles. The number of nitrogens with zero attached hydrogens (tertiary/aromatic N) is 2. The Morgan fingerprint density at radius 2 is 2.32 bits per heavy atom. The van der Waals surface area contributed by atoms with Gasteiger partial charge in [-0.2, -0.15) is 0 Å². The summed E-state index contributed by atoms with van der Waals surface area (Å²) < 4.78 is 2.26. The van der Waals surface area contributed by atoms with Crippen molar-refractivity contribution in [3.05, 3.63) is 39.3 Å². The summed E-state index contributed by atoms with van der Waals surface area (Å²) in [6.45, 7) is 3.03. The van der Waals surface area contributed by atoms with E-state index in [2.05, 4.69) is 44.2 Å². The smallest absolute Gasteiger partial charge is 0.183 e. The lowest BCUT2D eigenvalue weighted by Gasteiger charge is -2.08. The molecule has 0 radical (unpaired) electrons. The molecule has 0 spiro atoms. The molecule has 3 rings (SSSR count). The number of fused-ring (bicyclic) bond motifs is 1. The van der Waals surface area contributed by atoms with Gasteiger partial charge in [0.25, 0.3) is 0 Å². The minimum Gasteiger partial charge on any atom is -0.361 e. The number of hydrogen-bond acceptors (Lipinski definition) is 5. The van der Waals surface area contributed by atoms with Crippen molar-refractivity contribution in [3.63, 3.8) is 0 Å². The van der Waals surface area contributed by atoms with E-state index in [1.807, 2.05) is 23.7 Å². The van der Waals surface area contributed by atoms with E-state index < -0.39 is 0 Å². The molecule has 0 bridgehead atoms. The molecule has 19 heavy (non-hydrogen) atoms. The van der Waals surface area contributed by atoms with Crippen LogP contribution in [-0.4, -0.2) is 16.5 Å². The number of halogens is 1. The summed E-state index contributed by atoms with van der Waals surface area (Å²) in [7, 11) is 0. The number of benzene rings is 1. The first-order valence-corrected chi connectivity index (χ1v) is 8.40. The predicted molar refractivity (Wildman–Crippen MR) is 86.3 cm³/mol. The Bertz CT molecular complexity index is 678.